The van der Waals surface area contributed by atoms with E-state index >= 15 is 0 Å². The van der Waals surface area contributed by atoms with Crippen molar-refractivity contribution < 1.29 is 9.53 Å². The highest BCUT2D eigenvalue weighted by Gasteiger charge is 2.31. The number of nitrogens with zero attached hydrogens (tertiary/aromatic N) is 1. The van der Waals surface area contributed by atoms with Gasteiger partial charge in [0.05, 0.1) is 19.6 Å². The van der Waals surface area contributed by atoms with Gasteiger partial charge in [0.1, 0.15) is 0 Å². The van der Waals surface area contributed by atoms with Gasteiger partial charge in [-0.1, -0.05) is 42.6 Å². The van der Waals surface area contributed by atoms with Crippen LogP contribution in [-0.4, -0.2) is 42.4 Å². The van der Waals surface area contributed by atoms with Gasteiger partial charge < -0.3 is 9.64 Å². The molecule has 0 spiro atoms. The van der Waals surface area contributed by atoms with E-state index in [1.54, 1.807) is 0 Å². The van der Waals surface area contributed by atoms with Gasteiger partial charge in [-0.05, 0) is 18.3 Å². The summed E-state index contributed by atoms with van der Waals surface area (Å²) in [5.74, 6) is 0.255. The minimum Gasteiger partial charge on any atom is -0.379 e. The van der Waals surface area contributed by atoms with Crippen LogP contribution in [0, 0.1) is 5.41 Å². The van der Waals surface area contributed by atoms with Gasteiger partial charge in [0.2, 0.25) is 5.91 Å². The lowest BCUT2D eigenvalue weighted by atomic mass is 9.80. The van der Waals surface area contributed by atoms with E-state index in [0.29, 0.717) is 19.6 Å². The van der Waals surface area contributed by atoms with Gasteiger partial charge in [-0.15, -0.1) is 0 Å². The second-order valence-corrected chi connectivity index (χ2v) is 5.87. The zero-order valence-electron chi connectivity index (χ0n) is 11.7. The topological polar surface area (TPSA) is 29.5 Å². The van der Waals surface area contributed by atoms with Crippen molar-refractivity contribution >= 4 is 21.8 Å². The van der Waals surface area contributed by atoms with Crippen molar-refractivity contribution in [2.45, 2.75) is 46.0 Å². The minimum absolute atomic E-state index is 0.240. The Kier molecular flexibility index (Phi) is 7.23. The molecule has 1 amide bonds. The predicted molar refractivity (Wildman–Crippen MR) is 78.1 cm³/mol. The molecule has 1 aliphatic heterocycles. The van der Waals surface area contributed by atoms with Crippen molar-refractivity contribution in [3.05, 3.63) is 0 Å². The third-order valence-electron chi connectivity index (χ3n) is 3.69. The van der Waals surface area contributed by atoms with Crippen LogP contribution < -0.4 is 0 Å². The van der Waals surface area contributed by atoms with Crippen molar-refractivity contribution in [1.29, 1.82) is 0 Å². The molecule has 1 aliphatic rings. The number of ether oxygens (including phenoxy) is 1. The number of halogens is 1. The summed E-state index contributed by atoms with van der Waals surface area (Å²) >= 11 is 3.67. The van der Waals surface area contributed by atoms with Crippen LogP contribution in [0.25, 0.3) is 0 Å². The minimum atomic E-state index is 0.240. The van der Waals surface area contributed by atoms with Crippen molar-refractivity contribution in [1.82, 2.24) is 4.90 Å². The average molecular weight is 320 g/mol. The van der Waals surface area contributed by atoms with Crippen molar-refractivity contribution in [3.8, 4) is 0 Å². The molecule has 0 aromatic heterocycles. The van der Waals surface area contributed by atoms with Gasteiger partial charge in [-0.25, -0.2) is 0 Å². The molecule has 1 rings (SSSR count). The van der Waals surface area contributed by atoms with Crippen LogP contribution >= 0.6 is 15.9 Å². The number of carbonyl (C=O) groups is 1. The van der Waals surface area contributed by atoms with E-state index in [2.05, 4.69) is 29.8 Å². The van der Waals surface area contributed by atoms with E-state index < -0.39 is 0 Å². The highest BCUT2D eigenvalue weighted by molar-refractivity contribution is 9.09. The maximum absolute atomic E-state index is 12.0. The Morgan fingerprint density at radius 2 is 1.94 bits per heavy atom. The Labute approximate surface area is 119 Å². The Morgan fingerprint density at radius 1 is 1.28 bits per heavy atom. The van der Waals surface area contributed by atoms with Crippen molar-refractivity contribution in [2.24, 2.45) is 5.41 Å². The maximum Gasteiger partial charge on any atom is 0.224 e. The second kappa shape index (κ2) is 8.16. The highest BCUT2D eigenvalue weighted by atomic mass is 79.9. The van der Waals surface area contributed by atoms with E-state index in [9.17, 15) is 4.79 Å². The van der Waals surface area contributed by atoms with Gasteiger partial charge in [0.15, 0.2) is 0 Å². The third kappa shape index (κ3) is 4.54. The number of hydrogen-bond acceptors (Lipinski definition) is 2. The molecule has 3 nitrogen and oxygen atoms in total. The SMILES string of the molecule is CCCC(CBr)(CCC)CN1CCOCCC1=O. The molecule has 0 aromatic rings. The molecule has 0 aromatic carbocycles. The zero-order valence-corrected chi connectivity index (χ0v) is 13.3. The molecular weight excluding hydrogens is 294 g/mol. The van der Waals surface area contributed by atoms with Gasteiger partial charge in [-0.3, -0.25) is 4.79 Å². The van der Waals surface area contributed by atoms with E-state index in [1.165, 1.54) is 25.7 Å². The summed E-state index contributed by atoms with van der Waals surface area (Å²) in [4.78, 5) is 14.1. The Bertz CT molecular complexity index is 252. The lowest BCUT2D eigenvalue weighted by Crippen LogP contribution is -2.43. The van der Waals surface area contributed by atoms with Crippen molar-refractivity contribution in [3.63, 3.8) is 0 Å². The summed E-state index contributed by atoms with van der Waals surface area (Å²) in [5, 5.41) is 0.978. The molecule has 1 fully saturated rings. The summed E-state index contributed by atoms with van der Waals surface area (Å²) in [6, 6.07) is 0. The summed E-state index contributed by atoms with van der Waals surface area (Å²) in [6.45, 7) is 7.34. The van der Waals surface area contributed by atoms with E-state index in [4.69, 9.17) is 4.74 Å². The molecule has 4 heteroatoms. The molecule has 0 aliphatic carbocycles. The normalized spacial score (nSPS) is 17.9. The van der Waals surface area contributed by atoms with Gasteiger partial charge in [-0.2, -0.15) is 0 Å². The number of carbonyl (C=O) groups excluding carboxylic acids is 1. The zero-order chi connectivity index (χ0) is 13.4. The standard InChI is InChI=1S/C14H26BrNO2/c1-3-6-14(11-15,7-4-2)12-16-8-10-18-9-5-13(16)17/h3-12H2,1-2H3. The molecule has 0 bridgehead atoms. The van der Waals surface area contributed by atoms with Crippen LogP contribution in [0.4, 0.5) is 0 Å². The number of amides is 1. The average Bonchev–Trinajstić information content (AvgIpc) is 2.55. The molecule has 106 valence electrons. The lowest BCUT2D eigenvalue weighted by Gasteiger charge is -2.37. The van der Waals surface area contributed by atoms with Crippen LogP contribution in [0.2, 0.25) is 0 Å². The highest BCUT2D eigenvalue weighted by Crippen LogP contribution is 2.33. The third-order valence-corrected chi connectivity index (χ3v) is 4.88. The Hall–Kier alpha value is -0.0900. The van der Waals surface area contributed by atoms with E-state index in [1.807, 2.05) is 4.90 Å². The Balaban J connectivity index is 2.70. The smallest absolute Gasteiger partial charge is 0.224 e. The molecule has 1 saturated heterocycles. The quantitative estimate of drug-likeness (QED) is 0.674. The lowest BCUT2D eigenvalue weighted by molar-refractivity contribution is -0.132. The summed E-state index contributed by atoms with van der Waals surface area (Å²) < 4.78 is 5.39. The maximum atomic E-state index is 12.0. The van der Waals surface area contributed by atoms with Crippen LogP contribution in [0.5, 0.6) is 0 Å². The Morgan fingerprint density at radius 3 is 2.50 bits per heavy atom. The molecule has 1 heterocycles. The van der Waals surface area contributed by atoms with E-state index in [-0.39, 0.29) is 11.3 Å². The molecule has 0 saturated carbocycles. The van der Waals surface area contributed by atoms with Crippen LogP contribution in [0.3, 0.4) is 0 Å². The molecular formula is C14H26BrNO2. The predicted octanol–water partition coefficient (Wildman–Crippen LogP) is 3.22. The first-order chi connectivity index (χ1) is 8.67. The van der Waals surface area contributed by atoms with Crippen LogP contribution in [0.1, 0.15) is 46.0 Å². The fraction of sp³-hybridized carbons (Fsp3) is 0.929. The van der Waals surface area contributed by atoms with Gasteiger partial charge in [0.25, 0.3) is 0 Å². The molecule has 0 unspecified atom stereocenters. The van der Waals surface area contributed by atoms with Gasteiger partial charge in [0, 0.05) is 18.4 Å². The van der Waals surface area contributed by atoms with Crippen molar-refractivity contribution in [2.75, 3.05) is 31.6 Å². The fourth-order valence-corrected chi connectivity index (χ4v) is 3.55. The molecule has 18 heavy (non-hydrogen) atoms. The van der Waals surface area contributed by atoms with Gasteiger partial charge >= 0.3 is 0 Å². The largest absolute Gasteiger partial charge is 0.379 e. The summed E-state index contributed by atoms with van der Waals surface area (Å²) in [6.07, 6.45) is 5.23. The molecule has 0 N–H and O–H groups in total. The monoisotopic (exact) mass is 319 g/mol. The van der Waals surface area contributed by atoms with Crippen LogP contribution in [-0.2, 0) is 9.53 Å². The summed E-state index contributed by atoms with van der Waals surface area (Å²) in [5.41, 5.74) is 0.240. The summed E-state index contributed by atoms with van der Waals surface area (Å²) in [7, 11) is 0. The first-order valence-corrected chi connectivity index (χ1v) is 8.21. The number of rotatable bonds is 7. The first-order valence-electron chi connectivity index (χ1n) is 7.09. The molecule has 0 atom stereocenters. The fourth-order valence-electron chi connectivity index (χ4n) is 2.81. The first kappa shape index (κ1) is 16.0. The number of hydrogen-bond donors (Lipinski definition) is 0. The number of alkyl halides is 1. The molecule has 0 radical (unpaired) electrons. The second-order valence-electron chi connectivity index (χ2n) is 5.31. The van der Waals surface area contributed by atoms with Crippen LogP contribution in [0.15, 0.2) is 0 Å². The van der Waals surface area contributed by atoms with E-state index in [0.717, 1.165) is 18.4 Å².